The van der Waals surface area contributed by atoms with Crippen molar-refractivity contribution in [3.05, 3.63) is 22.7 Å². The van der Waals surface area contributed by atoms with Crippen LogP contribution in [0.1, 0.15) is 38.9 Å². The Morgan fingerprint density at radius 2 is 1.90 bits per heavy atom. The Kier molecular flexibility index (Phi) is 5.73. The van der Waals surface area contributed by atoms with Crippen molar-refractivity contribution in [2.45, 2.75) is 39.4 Å². The van der Waals surface area contributed by atoms with Gasteiger partial charge >= 0.3 is 0 Å². The lowest BCUT2D eigenvalue weighted by Gasteiger charge is -2.20. The number of aliphatic hydroxyl groups is 1. The fourth-order valence-corrected chi connectivity index (χ4v) is 2.90. The van der Waals surface area contributed by atoms with Gasteiger partial charge in [0.2, 0.25) is 0 Å². The summed E-state index contributed by atoms with van der Waals surface area (Å²) in [6.45, 7) is 7.44. The maximum absolute atomic E-state index is 10.6. The second-order valence-corrected chi connectivity index (χ2v) is 5.68. The fourth-order valence-electron chi connectivity index (χ4n) is 2.64. The number of benzene rings is 1. The van der Waals surface area contributed by atoms with Crippen LogP contribution in [0.5, 0.6) is 11.5 Å². The van der Waals surface area contributed by atoms with Crippen molar-refractivity contribution in [3.63, 3.8) is 0 Å². The second kappa shape index (κ2) is 7.34. The van der Waals surface area contributed by atoms with Crippen molar-refractivity contribution in [2.75, 3.05) is 19.8 Å². The van der Waals surface area contributed by atoms with Crippen LogP contribution in [-0.4, -0.2) is 31.0 Å². The zero-order valence-corrected chi connectivity index (χ0v) is 13.5. The summed E-state index contributed by atoms with van der Waals surface area (Å²) in [5, 5.41) is 11.1. The summed E-state index contributed by atoms with van der Waals surface area (Å²) in [5.74, 6) is 1.28. The topological polar surface area (TPSA) is 47.9 Å². The van der Waals surface area contributed by atoms with Crippen LogP contribution in [0.25, 0.3) is 0 Å². The van der Waals surface area contributed by atoms with Crippen LogP contribution in [0.3, 0.4) is 0 Å². The van der Waals surface area contributed by atoms with E-state index in [2.05, 4.69) is 0 Å². The molecule has 1 aromatic rings. The summed E-state index contributed by atoms with van der Waals surface area (Å²) >= 11 is 6.31. The quantitative estimate of drug-likeness (QED) is 0.871. The van der Waals surface area contributed by atoms with Crippen molar-refractivity contribution in [1.29, 1.82) is 0 Å². The van der Waals surface area contributed by atoms with Crippen LogP contribution in [0.15, 0.2) is 12.1 Å². The van der Waals surface area contributed by atoms with Crippen molar-refractivity contribution in [3.8, 4) is 11.5 Å². The molecule has 1 heterocycles. The first-order valence-electron chi connectivity index (χ1n) is 7.45. The molecule has 1 fully saturated rings. The highest BCUT2D eigenvalue weighted by atomic mass is 35.5. The third-order valence-electron chi connectivity index (χ3n) is 3.66. The molecule has 1 aromatic carbocycles. The molecule has 3 atom stereocenters. The molecular formula is C16H23ClO4. The highest BCUT2D eigenvalue weighted by Crippen LogP contribution is 2.40. The van der Waals surface area contributed by atoms with Gasteiger partial charge in [-0.15, -0.1) is 0 Å². The van der Waals surface area contributed by atoms with Crippen LogP contribution in [0, 0.1) is 5.92 Å². The SMILES string of the molecule is CCOc1cc(Cl)c(C(O)C2COC(C)C2)cc1OCC. The standard InChI is InChI=1S/C16H23ClO4/c1-4-19-14-7-12(13(17)8-15(14)20-5-2)16(18)11-6-10(3)21-9-11/h7-8,10-11,16,18H,4-6,9H2,1-3H3. The van der Waals surface area contributed by atoms with Crippen molar-refractivity contribution in [2.24, 2.45) is 5.92 Å². The zero-order valence-electron chi connectivity index (χ0n) is 12.8. The first kappa shape index (κ1) is 16.4. The van der Waals surface area contributed by atoms with Crippen molar-refractivity contribution < 1.29 is 19.3 Å². The summed E-state index contributed by atoms with van der Waals surface area (Å²) in [6, 6.07) is 3.50. The minimum atomic E-state index is -0.655. The largest absolute Gasteiger partial charge is 0.490 e. The molecule has 2 rings (SSSR count). The van der Waals surface area contributed by atoms with E-state index in [9.17, 15) is 5.11 Å². The molecule has 0 bridgehead atoms. The van der Waals surface area contributed by atoms with Crippen molar-refractivity contribution >= 4 is 11.6 Å². The highest BCUT2D eigenvalue weighted by molar-refractivity contribution is 6.31. The van der Waals surface area contributed by atoms with Crippen LogP contribution < -0.4 is 9.47 Å². The summed E-state index contributed by atoms with van der Waals surface area (Å²) in [4.78, 5) is 0. The molecule has 1 aliphatic rings. The molecule has 0 radical (unpaired) electrons. The van der Waals surface area contributed by atoms with Gasteiger partial charge in [-0.25, -0.2) is 0 Å². The van der Waals surface area contributed by atoms with Gasteiger partial charge < -0.3 is 19.3 Å². The number of hydrogen-bond donors (Lipinski definition) is 1. The lowest BCUT2D eigenvalue weighted by molar-refractivity contribution is 0.0802. The monoisotopic (exact) mass is 314 g/mol. The van der Waals surface area contributed by atoms with Gasteiger partial charge in [-0.2, -0.15) is 0 Å². The van der Waals surface area contributed by atoms with Gasteiger partial charge in [-0.3, -0.25) is 0 Å². The number of rotatable bonds is 6. The van der Waals surface area contributed by atoms with Gasteiger partial charge in [0.15, 0.2) is 11.5 Å². The highest BCUT2D eigenvalue weighted by Gasteiger charge is 2.31. The summed E-state index contributed by atoms with van der Waals surface area (Å²) < 4.78 is 16.7. The van der Waals surface area contributed by atoms with E-state index >= 15 is 0 Å². The number of ether oxygens (including phenoxy) is 3. The van der Waals surface area contributed by atoms with Crippen LogP contribution in [0.4, 0.5) is 0 Å². The van der Waals surface area contributed by atoms with Gasteiger partial charge in [-0.05, 0) is 33.3 Å². The Morgan fingerprint density at radius 1 is 1.29 bits per heavy atom. The maximum Gasteiger partial charge on any atom is 0.162 e. The molecule has 0 aliphatic carbocycles. The molecule has 0 spiro atoms. The lowest BCUT2D eigenvalue weighted by Crippen LogP contribution is -2.13. The Bertz CT molecular complexity index is 478. The lowest BCUT2D eigenvalue weighted by atomic mass is 9.93. The number of hydrogen-bond acceptors (Lipinski definition) is 4. The fraction of sp³-hybridized carbons (Fsp3) is 0.625. The van der Waals surface area contributed by atoms with Crippen molar-refractivity contribution in [1.82, 2.24) is 0 Å². The first-order chi connectivity index (χ1) is 10.1. The van der Waals surface area contributed by atoms with E-state index in [1.165, 1.54) is 0 Å². The van der Waals surface area contributed by atoms with Gasteiger partial charge in [0.25, 0.3) is 0 Å². The Labute approximate surface area is 131 Å². The molecule has 4 nitrogen and oxygen atoms in total. The third-order valence-corrected chi connectivity index (χ3v) is 3.98. The molecule has 5 heteroatoms. The Morgan fingerprint density at radius 3 is 2.43 bits per heavy atom. The minimum Gasteiger partial charge on any atom is -0.490 e. The van der Waals surface area contributed by atoms with Gasteiger partial charge in [0, 0.05) is 17.5 Å². The summed E-state index contributed by atoms with van der Waals surface area (Å²) in [5.41, 5.74) is 0.672. The van der Waals surface area contributed by atoms with E-state index in [0.717, 1.165) is 6.42 Å². The van der Waals surface area contributed by atoms with Gasteiger partial charge in [0.1, 0.15) is 0 Å². The number of halogens is 1. The molecule has 21 heavy (non-hydrogen) atoms. The molecule has 3 unspecified atom stereocenters. The molecule has 1 N–H and O–H groups in total. The zero-order chi connectivity index (χ0) is 15.4. The molecule has 0 saturated carbocycles. The van der Waals surface area contributed by atoms with Crippen LogP contribution >= 0.6 is 11.6 Å². The molecule has 1 saturated heterocycles. The predicted molar refractivity (Wildman–Crippen MR) is 82.3 cm³/mol. The molecule has 1 aliphatic heterocycles. The third kappa shape index (κ3) is 3.82. The van der Waals surface area contributed by atoms with Gasteiger partial charge in [0.05, 0.1) is 37.1 Å². The Balaban J connectivity index is 2.27. The van der Waals surface area contributed by atoms with E-state index in [-0.39, 0.29) is 12.0 Å². The predicted octanol–water partition coefficient (Wildman–Crippen LogP) is 3.60. The first-order valence-corrected chi connectivity index (χ1v) is 7.83. The average molecular weight is 315 g/mol. The summed E-state index contributed by atoms with van der Waals surface area (Å²) in [7, 11) is 0. The minimum absolute atomic E-state index is 0.0601. The van der Waals surface area contributed by atoms with E-state index in [0.29, 0.717) is 41.9 Å². The molecule has 0 amide bonds. The van der Waals surface area contributed by atoms with E-state index in [1.807, 2.05) is 20.8 Å². The smallest absolute Gasteiger partial charge is 0.162 e. The summed E-state index contributed by atoms with van der Waals surface area (Å²) in [6.07, 6.45) is 0.351. The van der Waals surface area contributed by atoms with Gasteiger partial charge in [-0.1, -0.05) is 11.6 Å². The normalized spacial score (nSPS) is 23.1. The average Bonchev–Trinajstić information content (AvgIpc) is 2.88. The molecule has 0 aromatic heterocycles. The van der Waals surface area contributed by atoms with E-state index < -0.39 is 6.10 Å². The van der Waals surface area contributed by atoms with E-state index in [4.69, 9.17) is 25.8 Å². The van der Waals surface area contributed by atoms with Crippen LogP contribution in [-0.2, 0) is 4.74 Å². The molecule has 118 valence electrons. The second-order valence-electron chi connectivity index (χ2n) is 5.27. The van der Waals surface area contributed by atoms with Crippen LogP contribution in [0.2, 0.25) is 5.02 Å². The molecular weight excluding hydrogens is 292 g/mol. The van der Waals surface area contributed by atoms with E-state index in [1.54, 1.807) is 12.1 Å². The Hall–Kier alpha value is -0.970. The maximum atomic E-state index is 10.6. The number of aliphatic hydroxyl groups excluding tert-OH is 1.